The van der Waals surface area contributed by atoms with Crippen molar-refractivity contribution >= 4 is 11.9 Å². The van der Waals surface area contributed by atoms with E-state index in [1.165, 1.54) is 56.4 Å². The van der Waals surface area contributed by atoms with Crippen molar-refractivity contribution in [2.75, 3.05) is 13.2 Å². The summed E-state index contributed by atoms with van der Waals surface area (Å²) >= 11 is 0. The zero-order valence-corrected chi connectivity index (χ0v) is 29.0. The minimum atomic E-state index is -0.527. The molecule has 3 aromatic carbocycles. The smallest absolute Gasteiger partial charge is 0.338 e. The van der Waals surface area contributed by atoms with Crippen molar-refractivity contribution in [3.05, 3.63) is 106 Å². The monoisotopic (exact) mass is 657 g/mol. The van der Waals surface area contributed by atoms with Gasteiger partial charge < -0.3 is 19.5 Å². The maximum absolute atomic E-state index is 12.9. The third-order valence-electron chi connectivity index (χ3n) is 8.33. The first-order chi connectivity index (χ1) is 23.5. The van der Waals surface area contributed by atoms with E-state index in [9.17, 15) is 14.4 Å². The Morgan fingerprint density at radius 3 is 1.79 bits per heavy atom. The molecule has 3 aromatic rings. The Morgan fingerprint density at radius 2 is 1.15 bits per heavy atom. The van der Waals surface area contributed by atoms with Crippen LogP contribution < -0.4 is 20.2 Å². The molecule has 0 aliphatic rings. The minimum Gasteiger partial charge on any atom is -0.490 e. The molecule has 0 spiro atoms. The van der Waals surface area contributed by atoms with E-state index in [-0.39, 0.29) is 29.9 Å². The Hall–Kier alpha value is -4.13. The zero-order chi connectivity index (χ0) is 34.2. The van der Waals surface area contributed by atoms with E-state index in [1.807, 2.05) is 60.7 Å². The van der Waals surface area contributed by atoms with Gasteiger partial charge in [0.1, 0.15) is 11.5 Å². The number of hydrogen-bond donors (Lipinski definition) is 1. The lowest BCUT2D eigenvalue weighted by Crippen LogP contribution is -2.29. The Kier molecular flexibility index (Phi) is 18.6. The highest BCUT2D eigenvalue weighted by Gasteiger charge is 2.15. The van der Waals surface area contributed by atoms with Crippen LogP contribution in [0.4, 0.5) is 0 Å². The number of nitrogens with one attached hydrogen (secondary N) is 1. The van der Waals surface area contributed by atoms with Crippen LogP contribution in [-0.2, 0) is 4.74 Å². The van der Waals surface area contributed by atoms with Gasteiger partial charge in [0.05, 0.1) is 29.9 Å². The molecule has 0 bridgehead atoms. The lowest BCUT2D eigenvalue weighted by atomic mass is 10.0. The summed E-state index contributed by atoms with van der Waals surface area (Å²) in [5.41, 5.74) is -0.225. The number of unbranched alkanes of at least 4 members (excludes halogenated alkanes) is 6. The molecule has 1 amide bonds. The fourth-order valence-electron chi connectivity index (χ4n) is 5.57. The number of hydrogen-bond acceptors (Lipinski definition) is 6. The summed E-state index contributed by atoms with van der Waals surface area (Å²) in [4.78, 5) is 38.4. The average Bonchev–Trinajstić information content (AvgIpc) is 3.30. The lowest BCUT2D eigenvalue weighted by Gasteiger charge is -2.19. The Bertz CT molecular complexity index is 1380. The summed E-state index contributed by atoms with van der Waals surface area (Å²) in [7, 11) is 0. The van der Waals surface area contributed by atoms with Crippen molar-refractivity contribution in [1.82, 2.24) is 5.32 Å². The van der Waals surface area contributed by atoms with Gasteiger partial charge in [0.2, 0.25) is 0 Å². The molecule has 7 nitrogen and oxygen atoms in total. The number of carbonyl (C=O) groups is 2. The molecule has 0 saturated heterocycles. The van der Waals surface area contributed by atoms with Gasteiger partial charge in [0.25, 0.3) is 5.91 Å². The zero-order valence-electron chi connectivity index (χ0n) is 29.0. The van der Waals surface area contributed by atoms with Crippen LogP contribution in [0, 0.1) is 0 Å². The number of rotatable bonds is 24. The van der Waals surface area contributed by atoms with Gasteiger partial charge in [-0.15, -0.1) is 0 Å². The van der Waals surface area contributed by atoms with E-state index >= 15 is 0 Å². The molecule has 3 rings (SSSR count). The number of benzene rings is 2. The fraction of sp³-hybridized carbons (Fsp3) is 0.488. The Labute approximate surface area is 287 Å². The van der Waals surface area contributed by atoms with Crippen molar-refractivity contribution in [1.29, 1.82) is 0 Å². The van der Waals surface area contributed by atoms with E-state index in [1.54, 1.807) is 0 Å². The highest BCUT2D eigenvalue weighted by Crippen LogP contribution is 2.20. The molecule has 0 saturated carbocycles. The first-order valence-corrected chi connectivity index (χ1v) is 18.0. The van der Waals surface area contributed by atoms with Crippen LogP contribution in [0.1, 0.15) is 124 Å². The van der Waals surface area contributed by atoms with E-state index in [0.717, 1.165) is 62.9 Å². The summed E-state index contributed by atoms with van der Waals surface area (Å²) in [6.45, 7) is 5.04. The Morgan fingerprint density at radius 1 is 0.604 bits per heavy atom. The summed E-state index contributed by atoms with van der Waals surface area (Å²) in [6, 6.07) is 25.2. The highest BCUT2D eigenvalue weighted by molar-refractivity contribution is 5.95. The Balaban J connectivity index is 1.45. The van der Waals surface area contributed by atoms with E-state index < -0.39 is 17.3 Å². The van der Waals surface area contributed by atoms with Gasteiger partial charge in [-0.3, -0.25) is 9.59 Å². The number of esters is 1. The second kappa shape index (κ2) is 23.2. The lowest BCUT2D eigenvalue weighted by molar-refractivity contribution is 0.0480. The average molecular weight is 658 g/mol. The quantitative estimate of drug-likeness (QED) is 0.0763. The largest absolute Gasteiger partial charge is 0.490 e. The molecule has 0 fully saturated rings. The molecule has 2 unspecified atom stereocenters. The molecule has 1 N–H and O–H groups in total. The first-order valence-electron chi connectivity index (χ1n) is 18.0. The molecular weight excluding hydrogens is 602 g/mol. The van der Waals surface area contributed by atoms with Crippen LogP contribution in [0.2, 0.25) is 0 Å². The second-order valence-corrected chi connectivity index (χ2v) is 12.4. The van der Waals surface area contributed by atoms with Gasteiger partial charge in [-0.2, -0.15) is 0 Å². The summed E-state index contributed by atoms with van der Waals surface area (Å²) in [5, 5.41) is 2.87. The maximum Gasteiger partial charge on any atom is 0.338 e. The van der Waals surface area contributed by atoms with Crippen LogP contribution in [0.3, 0.4) is 0 Å². The number of ether oxygens (including phenoxy) is 3. The molecule has 0 radical (unpaired) electrons. The number of para-hydroxylation sites is 2. The van der Waals surface area contributed by atoms with Crippen molar-refractivity contribution in [3.63, 3.8) is 0 Å². The topological polar surface area (TPSA) is 90.9 Å². The van der Waals surface area contributed by atoms with Crippen LogP contribution in [0.15, 0.2) is 89.7 Å². The maximum atomic E-state index is 12.9. The standard InChI is InChI=1S/C41H55NO6/c1-3-5-7-8-9-12-20-37(48-36-23-15-11-16-24-36)25-17-31-42-40(44)38-29-27-33(28-30-39(38)43)41(45)46-32-18-26-34(19-6-4-2)47-35-21-13-10-14-22-35/h10-11,13-16,21-24,27-30,34,37H,3-9,12,17-20,25-26,31-32H2,1-2H3,(H,42,44). The van der Waals surface area contributed by atoms with Gasteiger partial charge in [-0.25, -0.2) is 4.79 Å². The van der Waals surface area contributed by atoms with Crippen LogP contribution in [0.5, 0.6) is 11.5 Å². The number of carbonyl (C=O) groups excluding carboxylic acids is 2. The molecule has 0 aliphatic carbocycles. The molecule has 0 aliphatic heterocycles. The second-order valence-electron chi connectivity index (χ2n) is 12.4. The first kappa shape index (κ1) is 38.3. The molecule has 260 valence electrons. The van der Waals surface area contributed by atoms with Gasteiger partial charge in [0, 0.05) is 6.54 Å². The summed E-state index contributed by atoms with van der Waals surface area (Å²) in [6.07, 6.45) is 14.4. The van der Waals surface area contributed by atoms with Crippen molar-refractivity contribution in [3.8, 4) is 11.5 Å². The third-order valence-corrected chi connectivity index (χ3v) is 8.33. The van der Waals surface area contributed by atoms with E-state index in [4.69, 9.17) is 14.2 Å². The van der Waals surface area contributed by atoms with Gasteiger partial charge in [-0.1, -0.05) is 95.2 Å². The molecule has 7 heteroatoms. The summed E-state index contributed by atoms with van der Waals surface area (Å²) < 4.78 is 17.9. The predicted octanol–water partition coefficient (Wildman–Crippen LogP) is 9.33. The van der Waals surface area contributed by atoms with Crippen LogP contribution in [0.25, 0.3) is 0 Å². The molecule has 0 heterocycles. The van der Waals surface area contributed by atoms with Crippen molar-refractivity contribution in [2.45, 2.75) is 116 Å². The van der Waals surface area contributed by atoms with E-state index in [0.29, 0.717) is 13.0 Å². The van der Waals surface area contributed by atoms with Gasteiger partial charge >= 0.3 is 5.97 Å². The number of amides is 1. The van der Waals surface area contributed by atoms with Crippen molar-refractivity contribution in [2.24, 2.45) is 0 Å². The van der Waals surface area contributed by atoms with Crippen LogP contribution in [-0.4, -0.2) is 37.2 Å². The van der Waals surface area contributed by atoms with Crippen LogP contribution >= 0.6 is 0 Å². The third kappa shape index (κ3) is 15.2. The SMILES string of the molecule is CCCCCCCCC(CCCNC(=O)c1ccc(C(=O)OCCCC(CCCC)Oc2ccccc2)ccc1=O)Oc1ccccc1. The summed E-state index contributed by atoms with van der Waals surface area (Å²) in [5.74, 6) is 0.711. The fourth-order valence-corrected chi connectivity index (χ4v) is 5.57. The molecular formula is C41H55NO6. The molecule has 2 atom stereocenters. The molecule has 48 heavy (non-hydrogen) atoms. The normalized spacial score (nSPS) is 12.1. The molecule has 0 aromatic heterocycles. The van der Waals surface area contributed by atoms with Gasteiger partial charge in [0.15, 0.2) is 5.43 Å². The highest BCUT2D eigenvalue weighted by atomic mass is 16.5. The minimum absolute atomic E-state index is 0.00459. The predicted molar refractivity (Wildman–Crippen MR) is 193 cm³/mol. The van der Waals surface area contributed by atoms with Crippen molar-refractivity contribution < 1.29 is 23.8 Å². The van der Waals surface area contributed by atoms with Gasteiger partial charge in [-0.05, 0) is 93.5 Å². The van der Waals surface area contributed by atoms with E-state index in [2.05, 4.69) is 19.2 Å².